The first-order valence-electron chi connectivity index (χ1n) is 20.0. The monoisotopic (exact) mass is 726 g/mol. The molecule has 2 saturated heterocycles. The lowest BCUT2D eigenvalue weighted by Crippen LogP contribution is -2.60. The number of aliphatic hydroxyl groups excluding tert-OH is 1. The summed E-state index contributed by atoms with van der Waals surface area (Å²) >= 11 is 0. The Kier molecular flexibility index (Phi) is 8.81. The van der Waals surface area contributed by atoms with Gasteiger partial charge in [-0.05, 0) is 114 Å². The Balaban J connectivity index is 1.00. The highest BCUT2D eigenvalue weighted by Crippen LogP contribution is 2.89. The van der Waals surface area contributed by atoms with Crippen molar-refractivity contribution < 1.29 is 37.7 Å². The van der Waals surface area contributed by atoms with Crippen molar-refractivity contribution >= 4 is 11.8 Å². The van der Waals surface area contributed by atoms with Crippen molar-refractivity contribution in [3.8, 4) is 0 Å². The van der Waals surface area contributed by atoms with Crippen molar-refractivity contribution in [2.75, 3.05) is 26.2 Å². The number of ether oxygens (including phenoxy) is 3. The van der Waals surface area contributed by atoms with E-state index in [2.05, 4.69) is 34.6 Å². The van der Waals surface area contributed by atoms with Crippen LogP contribution >= 0.6 is 0 Å². The average molecular weight is 727 g/mol. The number of morpholine rings is 1. The molecule has 2 amide bonds. The van der Waals surface area contributed by atoms with Crippen LogP contribution in [0.15, 0.2) is 18.2 Å². The maximum Gasteiger partial charge on any atom is 0.219 e. The highest BCUT2D eigenvalue weighted by Gasteiger charge is 2.84. The second-order valence-electron chi connectivity index (χ2n) is 19.2. The van der Waals surface area contributed by atoms with Crippen LogP contribution in [0.25, 0.3) is 0 Å². The molecule has 0 aromatic heterocycles. The summed E-state index contributed by atoms with van der Waals surface area (Å²) in [5, 5.41) is 12.6. The molecule has 7 aliphatic rings. The lowest BCUT2D eigenvalue weighted by atomic mass is 9.41. The Morgan fingerprint density at radius 2 is 1.69 bits per heavy atom. The van der Waals surface area contributed by atoms with Gasteiger partial charge in [-0.25, -0.2) is 8.78 Å². The molecule has 5 aliphatic carbocycles. The molecule has 2 spiro atoms. The molecule has 7 fully saturated rings. The first-order chi connectivity index (χ1) is 24.5. The number of aliphatic hydroxyl groups is 1. The molecule has 8 rings (SSSR count). The fourth-order valence-electron chi connectivity index (χ4n) is 14.4. The number of fused-ring (bicyclic) bond motifs is 4. The predicted molar refractivity (Wildman–Crippen MR) is 190 cm³/mol. The van der Waals surface area contributed by atoms with Crippen molar-refractivity contribution in [1.29, 1.82) is 0 Å². The number of hydrogen-bond donors (Lipinski definition) is 1. The van der Waals surface area contributed by atoms with E-state index in [-0.39, 0.29) is 81.9 Å². The van der Waals surface area contributed by atoms with Gasteiger partial charge in [-0.3, -0.25) is 9.59 Å². The van der Waals surface area contributed by atoms with E-state index in [0.717, 1.165) is 44.6 Å². The highest BCUT2D eigenvalue weighted by molar-refractivity contribution is 5.73. The van der Waals surface area contributed by atoms with E-state index in [1.54, 1.807) is 11.8 Å². The predicted octanol–water partition coefficient (Wildman–Crippen LogP) is 6.72. The van der Waals surface area contributed by atoms with Gasteiger partial charge in [-0.1, -0.05) is 34.6 Å². The fourth-order valence-corrected chi connectivity index (χ4v) is 14.4. The molecule has 4 unspecified atom stereocenters. The Bertz CT molecular complexity index is 1590. The lowest BCUT2D eigenvalue weighted by molar-refractivity contribution is -0.247. The van der Waals surface area contributed by atoms with Crippen molar-refractivity contribution in [3.05, 3.63) is 35.4 Å². The average Bonchev–Trinajstić information content (AvgIpc) is 3.70. The normalized spacial score (nSPS) is 45.9. The van der Waals surface area contributed by atoms with Gasteiger partial charge in [-0.15, -0.1) is 0 Å². The minimum atomic E-state index is -0.660. The molecule has 8 nitrogen and oxygen atoms in total. The van der Waals surface area contributed by atoms with E-state index in [1.807, 2.05) is 4.90 Å². The zero-order valence-electron chi connectivity index (χ0n) is 32.3. The van der Waals surface area contributed by atoms with Crippen molar-refractivity contribution in [2.24, 2.45) is 50.7 Å². The van der Waals surface area contributed by atoms with Crippen LogP contribution in [0.5, 0.6) is 0 Å². The largest absolute Gasteiger partial charge is 0.390 e. The molecule has 13 atom stereocenters. The van der Waals surface area contributed by atoms with E-state index in [1.165, 1.54) is 31.9 Å². The fraction of sp³-hybridized carbons (Fsp3) is 0.810. The SMILES string of the molecule is CC(=O)N(Cc1cc(F)cc(F)c1)CC1C[C@@H](C)[C@H]2C(O1)[C@H](O)[C@@]1(C)C3CC[C@H]4C(C)(C)C(O[C@H]5CN(C(C)=O)CCO5)CC[C@@]45C[C@@]35CC[C@]21C. The smallest absolute Gasteiger partial charge is 0.219 e. The molecular formula is C42H60F2N2O6. The number of carbonyl (C=O) groups excluding carboxylic acids is 2. The summed E-state index contributed by atoms with van der Waals surface area (Å²) in [7, 11) is 0. The van der Waals surface area contributed by atoms with Crippen LogP contribution in [0.1, 0.15) is 105 Å². The molecule has 1 aromatic carbocycles. The third-order valence-electron chi connectivity index (χ3n) is 16.8. The van der Waals surface area contributed by atoms with Crippen LogP contribution in [0.3, 0.4) is 0 Å². The van der Waals surface area contributed by atoms with Gasteiger partial charge in [-0.2, -0.15) is 0 Å². The van der Waals surface area contributed by atoms with E-state index in [4.69, 9.17) is 14.2 Å². The first kappa shape index (κ1) is 36.8. The van der Waals surface area contributed by atoms with Crippen LogP contribution < -0.4 is 0 Å². The number of nitrogens with zero attached hydrogens (tertiary/aromatic N) is 2. The van der Waals surface area contributed by atoms with Gasteiger partial charge in [0.2, 0.25) is 11.8 Å². The molecule has 2 aliphatic heterocycles. The summed E-state index contributed by atoms with van der Waals surface area (Å²) < 4.78 is 47.7. The molecular weight excluding hydrogens is 666 g/mol. The number of hydrogen-bond acceptors (Lipinski definition) is 6. The molecule has 288 valence electrons. The topological polar surface area (TPSA) is 88.5 Å². The molecule has 10 heteroatoms. The third kappa shape index (κ3) is 5.22. The Morgan fingerprint density at radius 3 is 2.38 bits per heavy atom. The zero-order chi connectivity index (χ0) is 37.2. The molecule has 0 radical (unpaired) electrons. The quantitative estimate of drug-likeness (QED) is 0.351. The summed E-state index contributed by atoms with van der Waals surface area (Å²) in [5.41, 5.74) is 0.450. The summed E-state index contributed by atoms with van der Waals surface area (Å²) in [6.07, 6.45) is 7.05. The van der Waals surface area contributed by atoms with Gasteiger partial charge >= 0.3 is 0 Å². The van der Waals surface area contributed by atoms with Gasteiger partial charge < -0.3 is 29.1 Å². The minimum Gasteiger partial charge on any atom is -0.390 e. The van der Waals surface area contributed by atoms with E-state index >= 15 is 0 Å². The van der Waals surface area contributed by atoms with Crippen LogP contribution in [-0.2, 0) is 30.3 Å². The second-order valence-corrected chi connectivity index (χ2v) is 19.2. The van der Waals surface area contributed by atoms with Crippen LogP contribution in [0, 0.1) is 62.4 Å². The van der Waals surface area contributed by atoms with Gasteiger partial charge in [0.25, 0.3) is 0 Å². The van der Waals surface area contributed by atoms with Crippen LogP contribution in [0.2, 0.25) is 0 Å². The summed E-state index contributed by atoms with van der Waals surface area (Å²) in [6, 6.07) is 3.39. The highest BCUT2D eigenvalue weighted by atomic mass is 19.1. The minimum absolute atomic E-state index is 0.0385. The molecule has 5 saturated carbocycles. The summed E-state index contributed by atoms with van der Waals surface area (Å²) in [4.78, 5) is 28.3. The van der Waals surface area contributed by atoms with Gasteiger partial charge in [0.15, 0.2) is 6.29 Å². The Labute approximate surface area is 308 Å². The standard InChI is InChI=1S/C42H60F2N2O6/c1-24-16-30(21-46(26(3)48)20-27-17-28(43)19-29(44)18-27)51-36-35(24)39(6)12-13-42-23-41(42)11-10-33(52-34-22-45(25(2)47)14-15-50-34)38(4,5)31(41)8-9-32(42)40(39,7)37(36)49/h17-19,24,30-37,49H,8-16,20-23H2,1-7H3/t24-,30?,31+,32?,33?,34+,35+,36?,37+,39-,40-,41-,42+/m1/s1. The number of carbonyl (C=O) groups is 2. The van der Waals surface area contributed by atoms with E-state index < -0.39 is 17.7 Å². The molecule has 1 aromatic rings. The van der Waals surface area contributed by atoms with Crippen LogP contribution in [0.4, 0.5) is 8.78 Å². The third-order valence-corrected chi connectivity index (χ3v) is 16.8. The Hall–Kier alpha value is -2.14. The van der Waals surface area contributed by atoms with E-state index in [9.17, 15) is 23.5 Å². The first-order valence-corrected chi connectivity index (χ1v) is 20.0. The van der Waals surface area contributed by atoms with Gasteiger partial charge in [0, 0.05) is 45.0 Å². The molecule has 2 heterocycles. The molecule has 1 N–H and O–H groups in total. The van der Waals surface area contributed by atoms with Crippen molar-refractivity contribution in [2.45, 2.75) is 137 Å². The number of halogens is 2. The second kappa shape index (κ2) is 12.4. The van der Waals surface area contributed by atoms with E-state index in [0.29, 0.717) is 43.6 Å². The molecule has 52 heavy (non-hydrogen) atoms. The van der Waals surface area contributed by atoms with Crippen molar-refractivity contribution in [3.63, 3.8) is 0 Å². The number of rotatable bonds is 6. The number of amides is 2. The van der Waals surface area contributed by atoms with Crippen molar-refractivity contribution in [1.82, 2.24) is 9.80 Å². The number of benzene rings is 1. The molecule has 0 bridgehead atoms. The maximum absolute atomic E-state index is 14.0. The Morgan fingerprint density at radius 1 is 1.00 bits per heavy atom. The summed E-state index contributed by atoms with van der Waals surface area (Å²) in [5.74, 6) is 0.00262. The summed E-state index contributed by atoms with van der Waals surface area (Å²) in [6.45, 7) is 17.1. The van der Waals surface area contributed by atoms with Gasteiger partial charge in [0.05, 0.1) is 37.6 Å². The van der Waals surface area contributed by atoms with Crippen LogP contribution in [-0.4, -0.2) is 83.7 Å². The lowest BCUT2D eigenvalue weighted by Gasteiger charge is -2.64. The maximum atomic E-state index is 14.0. The van der Waals surface area contributed by atoms with Gasteiger partial charge in [0.1, 0.15) is 11.6 Å². The zero-order valence-corrected chi connectivity index (χ0v) is 32.3.